The lowest BCUT2D eigenvalue weighted by atomic mass is 9.87. The first-order valence-electron chi connectivity index (χ1n) is 11.7. The van der Waals surface area contributed by atoms with Crippen LogP contribution in [0.15, 0.2) is 60.7 Å². The quantitative estimate of drug-likeness (QED) is 0.491. The molecule has 1 fully saturated rings. The minimum absolute atomic E-state index is 0.0477. The number of fused-ring (bicyclic) bond motifs is 1. The second kappa shape index (κ2) is 8.64. The van der Waals surface area contributed by atoms with Gasteiger partial charge in [0.05, 0.1) is 5.41 Å². The van der Waals surface area contributed by atoms with Gasteiger partial charge in [0.25, 0.3) is 0 Å². The second-order valence-electron chi connectivity index (χ2n) is 9.47. The molecule has 5 nitrogen and oxygen atoms in total. The van der Waals surface area contributed by atoms with Crippen molar-refractivity contribution in [2.45, 2.75) is 45.1 Å². The zero-order valence-corrected chi connectivity index (χ0v) is 19.9. The third-order valence-electron chi connectivity index (χ3n) is 7.10. The van der Waals surface area contributed by atoms with E-state index in [9.17, 15) is 9.59 Å². The highest BCUT2D eigenvalue weighted by Gasteiger charge is 2.50. The van der Waals surface area contributed by atoms with Crippen LogP contribution in [-0.4, -0.2) is 30.4 Å². The molecule has 1 aliphatic carbocycles. The maximum absolute atomic E-state index is 13.4. The molecule has 1 heterocycles. The van der Waals surface area contributed by atoms with Crippen LogP contribution in [0, 0.1) is 6.92 Å². The van der Waals surface area contributed by atoms with E-state index in [4.69, 9.17) is 9.47 Å². The highest BCUT2D eigenvalue weighted by molar-refractivity contribution is 5.95. The molecule has 5 heteroatoms. The smallest absolute Gasteiger partial charge is 0.231 e. The molecule has 0 radical (unpaired) electrons. The van der Waals surface area contributed by atoms with E-state index in [1.165, 1.54) is 5.56 Å². The zero-order chi connectivity index (χ0) is 23.9. The zero-order valence-electron chi connectivity index (χ0n) is 19.9. The highest BCUT2D eigenvalue weighted by atomic mass is 16.7. The molecule has 0 N–H and O–H groups in total. The van der Waals surface area contributed by atoms with E-state index in [2.05, 4.69) is 49.4 Å². The number of carbonyl (C=O) groups is 2. The van der Waals surface area contributed by atoms with Crippen molar-refractivity contribution in [3.8, 4) is 22.6 Å². The summed E-state index contributed by atoms with van der Waals surface area (Å²) in [6.45, 7) is 4.49. The molecule has 0 spiro atoms. The SMILES string of the molecule is CC(=O)N(C)Cc1ccc(-c2cc(CC(=O)C3(c4ccc5c(c4)OCO5)CC3)ccc2C)cc1. The fraction of sp³-hybridized carbons (Fsp3) is 0.310. The van der Waals surface area contributed by atoms with Gasteiger partial charge in [0.2, 0.25) is 12.7 Å². The first-order chi connectivity index (χ1) is 16.4. The number of amides is 1. The predicted molar refractivity (Wildman–Crippen MR) is 131 cm³/mol. The highest BCUT2D eigenvalue weighted by Crippen LogP contribution is 2.51. The van der Waals surface area contributed by atoms with Crippen molar-refractivity contribution in [3.05, 3.63) is 82.9 Å². The Kier molecular flexibility index (Phi) is 5.64. The molecule has 1 amide bonds. The molecule has 0 unspecified atom stereocenters. The molecule has 0 saturated heterocycles. The van der Waals surface area contributed by atoms with Crippen LogP contribution in [0.25, 0.3) is 11.1 Å². The lowest BCUT2D eigenvalue weighted by molar-refractivity contribution is -0.128. The Morgan fingerprint density at radius 3 is 2.32 bits per heavy atom. The lowest BCUT2D eigenvalue weighted by Gasteiger charge is -2.17. The van der Waals surface area contributed by atoms with Crippen molar-refractivity contribution in [1.29, 1.82) is 0 Å². The summed E-state index contributed by atoms with van der Waals surface area (Å²) in [5.74, 6) is 1.77. The third kappa shape index (κ3) is 4.18. The van der Waals surface area contributed by atoms with Gasteiger partial charge in [-0.1, -0.05) is 48.5 Å². The number of hydrogen-bond donors (Lipinski definition) is 0. The van der Waals surface area contributed by atoms with Crippen LogP contribution >= 0.6 is 0 Å². The van der Waals surface area contributed by atoms with Gasteiger partial charge in [-0.2, -0.15) is 0 Å². The Morgan fingerprint density at radius 1 is 0.912 bits per heavy atom. The number of carbonyl (C=O) groups excluding carboxylic acids is 2. The van der Waals surface area contributed by atoms with Gasteiger partial charge in [-0.3, -0.25) is 9.59 Å². The van der Waals surface area contributed by atoms with Crippen LogP contribution in [0.1, 0.15) is 42.0 Å². The van der Waals surface area contributed by atoms with E-state index in [0.717, 1.165) is 52.2 Å². The molecule has 0 atom stereocenters. The first-order valence-corrected chi connectivity index (χ1v) is 11.7. The van der Waals surface area contributed by atoms with Gasteiger partial charge in [0.15, 0.2) is 11.5 Å². The molecule has 1 saturated carbocycles. The molecule has 0 aromatic heterocycles. The van der Waals surface area contributed by atoms with E-state index >= 15 is 0 Å². The van der Waals surface area contributed by atoms with E-state index < -0.39 is 5.41 Å². The molecule has 0 bridgehead atoms. The van der Waals surface area contributed by atoms with Crippen molar-refractivity contribution in [2.75, 3.05) is 13.8 Å². The molecule has 1 aliphatic heterocycles. The Labute approximate surface area is 200 Å². The molecule has 34 heavy (non-hydrogen) atoms. The summed E-state index contributed by atoms with van der Waals surface area (Å²) >= 11 is 0. The number of hydrogen-bond acceptors (Lipinski definition) is 4. The average Bonchev–Trinajstić information content (AvgIpc) is 3.51. The van der Waals surface area contributed by atoms with E-state index in [1.54, 1.807) is 18.9 Å². The molecule has 2 aliphatic rings. The second-order valence-corrected chi connectivity index (χ2v) is 9.47. The minimum Gasteiger partial charge on any atom is -0.454 e. The van der Waals surface area contributed by atoms with Gasteiger partial charge >= 0.3 is 0 Å². The van der Waals surface area contributed by atoms with Crippen molar-refractivity contribution in [3.63, 3.8) is 0 Å². The topological polar surface area (TPSA) is 55.8 Å². The molecule has 5 rings (SSSR count). The lowest BCUT2D eigenvalue weighted by Crippen LogP contribution is -2.22. The minimum atomic E-state index is -0.406. The standard InChI is InChI=1S/C29H29NO4/c1-19-4-5-22(14-25(19)23-8-6-21(7-9-23)17-30(3)20(2)31)15-28(32)29(12-13-29)24-10-11-26-27(16-24)34-18-33-26/h4-11,14,16H,12-13,15,17-18H2,1-3H3. The summed E-state index contributed by atoms with van der Waals surface area (Å²) < 4.78 is 10.9. The van der Waals surface area contributed by atoms with E-state index in [-0.39, 0.29) is 18.5 Å². The van der Waals surface area contributed by atoms with E-state index in [0.29, 0.717) is 13.0 Å². The van der Waals surface area contributed by atoms with Crippen molar-refractivity contribution in [2.24, 2.45) is 0 Å². The van der Waals surface area contributed by atoms with Gasteiger partial charge < -0.3 is 14.4 Å². The molecule has 3 aromatic rings. The maximum atomic E-state index is 13.4. The summed E-state index contributed by atoms with van der Waals surface area (Å²) in [6, 6.07) is 20.5. The van der Waals surface area contributed by atoms with Crippen molar-refractivity contribution >= 4 is 11.7 Å². The van der Waals surface area contributed by atoms with Crippen molar-refractivity contribution in [1.82, 2.24) is 4.90 Å². The Balaban J connectivity index is 1.34. The number of Topliss-reactive ketones (excluding diaryl/α,β-unsaturated/α-hetero) is 1. The summed E-state index contributed by atoms with van der Waals surface area (Å²) in [6.07, 6.45) is 2.16. The third-order valence-corrected chi connectivity index (χ3v) is 7.10. The monoisotopic (exact) mass is 455 g/mol. The summed E-state index contributed by atoms with van der Waals surface area (Å²) in [7, 11) is 1.80. The Hall–Kier alpha value is -3.60. The fourth-order valence-electron chi connectivity index (χ4n) is 4.67. The van der Waals surface area contributed by atoms with Crippen LogP contribution in [0.5, 0.6) is 11.5 Å². The van der Waals surface area contributed by atoms with E-state index in [1.807, 2.05) is 18.2 Å². The normalized spacial score (nSPS) is 15.1. The Morgan fingerprint density at radius 2 is 1.62 bits per heavy atom. The number of rotatable bonds is 7. The summed E-state index contributed by atoms with van der Waals surface area (Å²) in [5.41, 5.74) is 6.14. The number of ether oxygens (including phenoxy) is 2. The van der Waals surface area contributed by atoms with Gasteiger partial charge in [0.1, 0.15) is 5.78 Å². The Bertz CT molecular complexity index is 1260. The van der Waals surface area contributed by atoms with Crippen LogP contribution in [0.3, 0.4) is 0 Å². The van der Waals surface area contributed by atoms with Gasteiger partial charge in [-0.15, -0.1) is 0 Å². The van der Waals surface area contributed by atoms with Crippen LogP contribution in [0.4, 0.5) is 0 Å². The van der Waals surface area contributed by atoms with Gasteiger partial charge in [0, 0.05) is 26.9 Å². The van der Waals surface area contributed by atoms with Crippen LogP contribution in [0.2, 0.25) is 0 Å². The van der Waals surface area contributed by atoms with Gasteiger partial charge in [-0.25, -0.2) is 0 Å². The van der Waals surface area contributed by atoms with Crippen molar-refractivity contribution < 1.29 is 19.1 Å². The first kappa shape index (κ1) is 22.2. The molecule has 174 valence electrons. The maximum Gasteiger partial charge on any atom is 0.231 e. The average molecular weight is 456 g/mol. The molecule has 3 aromatic carbocycles. The molecular weight excluding hydrogens is 426 g/mol. The summed E-state index contributed by atoms with van der Waals surface area (Å²) in [4.78, 5) is 26.6. The number of ketones is 1. The number of aryl methyl sites for hydroxylation is 1. The fourth-order valence-corrected chi connectivity index (χ4v) is 4.67. The predicted octanol–water partition coefficient (Wildman–Crippen LogP) is 5.21. The van der Waals surface area contributed by atoms with Crippen LogP contribution < -0.4 is 9.47 Å². The van der Waals surface area contributed by atoms with Crippen LogP contribution in [-0.2, 0) is 28.0 Å². The number of nitrogens with zero attached hydrogens (tertiary/aromatic N) is 1. The molecular formula is C29H29NO4. The largest absolute Gasteiger partial charge is 0.454 e. The number of benzene rings is 3. The van der Waals surface area contributed by atoms with Gasteiger partial charge in [-0.05, 0) is 65.3 Å². The summed E-state index contributed by atoms with van der Waals surface area (Å²) in [5, 5.41) is 0.